The monoisotopic (exact) mass is 301 g/mol. The van der Waals surface area contributed by atoms with Crippen LogP contribution in [0.15, 0.2) is 0 Å². The van der Waals surface area contributed by atoms with Gasteiger partial charge in [0.1, 0.15) is 4.83 Å². The van der Waals surface area contributed by atoms with Gasteiger partial charge in [-0.1, -0.05) is 36.2 Å². The molecule has 1 saturated heterocycles. The second-order valence-corrected chi connectivity index (χ2v) is 6.08. The van der Waals surface area contributed by atoms with Crippen LogP contribution in [-0.4, -0.2) is 35.5 Å². The van der Waals surface area contributed by atoms with Gasteiger partial charge in [0.15, 0.2) is 0 Å². The first-order valence-electron chi connectivity index (χ1n) is 5.70. The van der Waals surface area contributed by atoms with Crippen LogP contribution in [0, 0.1) is 5.41 Å². The van der Waals surface area contributed by atoms with Crippen LogP contribution in [0.1, 0.15) is 33.1 Å². The quantitative estimate of drug-likeness (QED) is 0.716. The first kappa shape index (κ1) is 14.3. The fourth-order valence-electron chi connectivity index (χ4n) is 1.96. The summed E-state index contributed by atoms with van der Waals surface area (Å²) in [5.41, 5.74) is 0.330. The molecule has 0 radical (unpaired) electrons. The molecule has 1 atom stereocenters. The summed E-state index contributed by atoms with van der Waals surface area (Å²) in [4.78, 5) is 0.510. The first-order valence-corrected chi connectivity index (χ1v) is 6.61. The fourth-order valence-corrected chi connectivity index (χ4v) is 2.37. The van der Waals surface area contributed by atoms with E-state index in [1.165, 1.54) is 0 Å². The van der Waals surface area contributed by atoms with E-state index in [2.05, 4.69) is 29.8 Å². The smallest absolute Gasteiger partial charge is 0.302 e. The van der Waals surface area contributed by atoms with Gasteiger partial charge in [-0.3, -0.25) is 0 Å². The Morgan fingerprint density at radius 1 is 1.31 bits per heavy atom. The average Bonchev–Trinajstić information content (AvgIpc) is 2.20. The Balaban J connectivity index is 2.38. The number of piperidine rings is 1. The third-order valence-corrected chi connectivity index (χ3v) is 4.50. The molecular weight excluding hydrogens is 283 g/mol. The van der Waals surface area contributed by atoms with Crippen molar-refractivity contribution in [3.63, 3.8) is 0 Å². The van der Waals surface area contributed by atoms with E-state index in [1.54, 1.807) is 0 Å². The standard InChI is InChI=1S/C11H19BrF3N/c1-3-10(2)4-6-16(7-5-10)8-9(12)11(13,14)15/h9H,3-8H2,1-2H3. The van der Waals surface area contributed by atoms with Gasteiger partial charge in [0.05, 0.1) is 0 Å². The molecule has 96 valence electrons. The molecule has 1 aliphatic rings. The average molecular weight is 302 g/mol. The van der Waals surface area contributed by atoms with Gasteiger partial charge in [-0.15, -0.1) is 0 Å². The summed E-state index contributed by atoms with van der Waals surface area (Å²) in [5.74, 6) is 0. The summed E-state index contributed by atoms with van der Waals surface area (Å²) in [5, 5.41) is 0. The van der Waals surface area contributed by atoms with E-state index >= 15 is 0 Å². The zero-order valence-electron chi connectivity index (χ0n) is 9.78. The Morgan fingerprint density at radius 2 is 1.81 bits per heavy atom. The summed E-state index contributed by atoms with van der Waals surface area (Å²) in [6.45, 7) is 6.01. The first-order chi connectivity index (χ1) is 7.27. The fraction of sp³-hybridized carbons (Fsp3) is 1.00. The van der Waals surface area contributed by atoms with Crippen molar-refractivity contribution in [3.8, 4) is 0 Å². The Labute approximate surface area is 104 Å². The zero-order valence-corrected chi connectivity index (χ0v) is 11.4. The molecule has 16 heavy (non-hydrogen) atoms. The lowest BCUT2D eigenvalue weighted by Crippen LogP contribution is -2.44. The molecule has 1 heterocycles. The minimum absolute atomic E-state index is 0.0727. The zero-order chi connectivity index (χ0) is 12.4. The molecule has 0 aromatic heterocycles. The highest BCUT2D eigenvalue weighted by Crippen LogP contribution is 2.35. The van der Waals surface area contributed by atoms with Crippen molar-refractivity contribution < 1.29 is 13.2 Å². The largest absolute Gasteiger partial charge is 0.402 e. The van der Waals surface area contributed by atoms with Gasteiger partial charge in [0.25, 0.3) is 0 Å². The second-order valence-electron chi connectivity index (χ2n) is 4.97. The molecule has 1 nitrogen and oxygen atoms in total. The van der Waals surface area contributed by atoms with E-state index in [0.29, 0.717) is 5.41 Å². The van der Waals surface area contributed by atoms with Crippen molar-refractivity contribution in [1.29, 1.82) is 0 Å². The van der Waals surface area contributed by atoms with Crippen LogP contribution in [0.25, 0.3) is 0 Å². The lowest BCUT2D eigenvalue weighted by molar-refractivity contribution is -0.131. The lowest BCUT2D eigenvalue weighted by atomic mass is 9.78. The van der Waals surface area contributed by atoms with Gasteiger partial charge in [-0.05, 0) is 31.3 Å². The van der Waals surface area contributed by atoms with E-state index < -0.39 is 11.0 Å². The minimum atomic E-state index is -4.13. The van der Waals surface area contributed by atoms with E-state index in [9.17, 15) is 13.2 Å². The molecule has 1 fully saturated rings. The highest BCUT2D eigenvalue weighted by Gasteiger charge is 2.39. The molecule has 5 heteroatoms. The molecule has 1 aliphatic heterocycles. The molecule has 0 N–H and O–H groups in total. The third kappa shape index (κ3) is 3.91. The Morgan fingerprint density at radius 3 is 2.19 bits per heavy atom. The molecule has 1 rings (SSSR count). The van der Waals surface area contributed by atoms with E-state index in [4.69, 9.17) is 0 Å². The summed E-state index contributed by atoms with van der Waals surface area (Å²) in [6.07, 6.45) is -1.02. The van der Waals surface area contributed by atoms with E-state index in [0.717, 1.165) is 32.4 Å². The Hall–Kier alpha value is 0.230. The predicted octanol–water partition coefficient (Wildman–Crippen LogP) is 3.82. The maximum absolute atomic E-state index is 12.3. The van der Waals surface area contributed by atoms with Crippen molar-refractivity contribution in [2.24, 2.45) is 5.41 Å². The molecule has 0 aliphatic carbocycles. The van der Waals surface area contributed by atoms with Gasteiger partial charge in [0.2, 0.25) is 0 Å². The number of hydrogen-bond donors (Lipinski definition) is 0. The third-order valence-electron chi connectivity index (χ3n) is 3.69. The SMILES string of the molecule is CCC1(C)CCN(CC(Br)C(F)(F)F)CC1. The number of hydrogen-bond acceptors (Lipinski definition) is 1. The van der Waals surface area contributed by atoms with Crippen LogP contribution in [0.4, 0.5) is 13.2 Å². The summed E-state index contributed by atoms with van der Waals surface area (Å²) in [6, 6.07) is 0. The van der Waals surface area contributed by atoms with Crippen LogP contribution < -0.4 is 0 Å². The molecular formula is C11H19BrF3N. The van der Waals surface area contributed by atoms with Crippen LogP contribution >= 0.6 is 15.9 Å². The van der Waals surface area contributed by atoms with Gasteiger partial charge in [-0.25, -0.2) is 0 Å². The van der Waals surface area contributed by atoms with Crippen LogP contribution in [0.2, 0.25) is 0 Å². The molecule has 0 aromatic carbocycles. The topological polar surface area (TPSA) is 3.24 Å². The minimum Gasteiger partial charge on any atom is -0.302 e. The highest BCUT2D eigenvalue weighted by molar-refractivity contribution is 9.09. The molecule has 0 amide bonds. The van der Waals surface area contributed by atoms with E-state index in [-0.39, 0.29) is 6.54 Å². The highest BCUT2D eigenvalue weighted by atomic mass is 79.9. The van der Waals surface area contributed by atoms with Gasteiger partial charge >= 0.3 is 6.18 Å². The summed E-state index contributed by atoms with van der Waals surface area (Å²) >= 11 is 2.71. The molecule has 0 saturated carbocycles. The maximum atomic E-state index is 12.3. The number of rotatable bonds is 3. The van der Waals surface area contributed by atoms with Crippen molar-refractivity contribution in [1.82, 2.24) is 4.90 Å². The van der Waals surface area contributed by atoms with Crippen molar-refractivity contribution in [2.75, 3.05) is 19.6 Å². The van der Waals surface area contributed by atoms with Crippen molar-refractivity contribution >= 4 is 15.9 Å². The molecule has 0 spiro atoms. The van der Waals surface area contributed by atoms with E-state index in [1.807, 2.05) is 4.90 Å². The Kier molecular flexibility index (Phi) is 4.69. The number of likely N-dealkylation sites (tertiary alicyclic amines) is 1. The van der Waals surface area contributed by atoms with Crippen molar-refractivity contribution in [2.45, 2.75) is 44.1 Å². The summed E-state index contributed by atoms with van der Waals surface area (Å²) in [7, 11) is 0. The summed E-state index contributed by atoms with van der Waals surface area (Å²) < 4.78 is 37.0. The molecule has 1 unspecified atom stereocenters. The second kappa shape index (κ2) is 5.25. The van der Waals surface area contributed by atoms with Crippen LogP contribution in [0.5, 0.6) is 0 Å². The van der Waals surface area contributed by atoms with Gasteiger partial charge < -0.3 is 4.90 Å². The van der Waals surface area contributed by atoms with Crippen LogP contribution in [0.3, 0.4) is 0 Å². The van der Waals surface area contributed by atoms with Crippen molar-refractivity contribution in [3.05, 3.63) is 0 Å². The molecule has 0 aromatic rings. The maximum Gasteiger partial charge on any atom is 0.402 e. The van der Waals surface area contributed by atoms with Gasteiger partial charge in [0, 0.05) is 6.54 Å². The Bertz CT molecular complexity index is 222. The number of alkyl halides is 4. The lowest BCUT2D eigenvalue weighted by Gasteiger charge is -2.39. The van der Waals surface area contributed by atoms with Gasteiger partial charge in [-0.2, -0.15) is 13.2 Å². The molecule has 0 bridgehead atoms. The number of nitrogens with zero attached hydrogens (tertiary/aromatic N) is 1. The normalized spacial score (nSPS) is 24.4. The number of halogens is 4. The predicted molar refractivity (Wildman–Crippen MR) is 62.8 cm³/mol. The van der Waals surface area contributed by atoms with Crippen LogP contribution in [-0.2, 0) is 0 Å².